The summed E-state index contributed by atoms with van der Waals surface area (Å²) in [7, 11) is 1.39. The van der Waals surface area contributed by atoms with Gasteiger partial charge >= 0.3 is 5.97 Å². The van der Waals surface area contributed by atoms with E-state index in [0.717, 1.165) is 19.3 Å². The topological polar surface area (TPSA) is 46.5 Å². The Kier molecular flexibility index (Phi) is 3.43. The Morgan fingerprint density at radius 2 is 2.00 bits per heavy atom. The molecular formula is C16H22O3. The summed E-state index contributed by atoms with van der Waals surface area (Å²) in [6.45, 7) is 5.58. The van der Waals surface area contributed by atoms with Crippen molar-refractivity contribution in [3.63, 3.8) is 0 Å². The highest BCUT2D eigenvalue weighted by Crippen LogP contribution is 2.52. The second kappa shape index (κ2) is 4.64. The molecule has 0 bridgehead atoms. The van der Waals surface area contributed by atoms with E-state index in [4.69, 9.17) is 4.74 Å². The highest BCUT2D eigenvalue weighted by Gasteiger charge is 2.50. The number of methoxy groups -OCH3 is 1. The summed E-state index contributed by atoms with van der Waals surface area (Å²) in [5.41, 5.74) is -1.84. The van der Waals surface area contributed by atoms with Crippen LogP contribution in [0.15, 0.2) is 37.0 Å². The summed E-state index contributed by atoms with van der Waals surface area (Å²) in [6.07, 6.45) is 12.6. The van der Waals surface area contributed by atoms with Crippen LogP contribution in [0.5, 0.6) is 0 Å². The van der Waals surface area contributed by atoms with Crippen LogP contribution in [0.3, 0.4) is 0 Å². The molecule has 0 amide bonds. The van der Waals surface area contributed by atoms with Gasteiger partial charge in [0.05, 0.1) is 12.7 Å². The predicted molar refractivity (Wildman–Crippen MR) is 74.5 cm³/mol. The van der Waals surface area contributed by atoms with Crippen LogP contribution in [0.4, 0.5) is 0 Å². The number of carbonyl (C=O) groups is 1. The fourth-order valence-electron chi connectivity index (χ4n) is 3.24. The Morgan fingerprint density at radius 3 is 2.42 bits per heavy atom. The fourth-order valence-corrected chi connectivity index (χ4v) is 3.24. The maximum absolute atomic E-state index is 12.0. The molecule has 1 atom stereocenters. The molecule has 1 N–H and O–H groups in total. The number of aliphatic hydroxyl groups is 1. The maximum Gasteiger partial charge on any atom is 0.319 e. The van der Waals surface area contributed by atoms with Gasteiger partial charge in [-0.3, -0.25) is 4.79 Å². The van der Waals surface area contributed by atoms with Gasteiger partial charge in [0, 0.05) is 5.41 Å². The van der Waals surface area contributed by atoms with Gasteiger partial charge in [-0.25, -0.2) is 0 Å². The van der Waals surface area contributed by atoms with Crippen molar-refractivity contribution >= 4 is 5.97 Å². The van der Waals surface area contributed by atoms with E-state index in [0.29, 0.717) is 6.42 Å². The van der Waals surface area contributed by atoms with Gasteiger partial charge in [-0.2, -0.15) is 0 Å². The Labute approximate surface area is 114 Å². The summed E-state index contributed by atoms with van der Waals surface area (Å²) in [5, 5.41) is 10.5. The molecule has 1 saturated carbocycles. The van der Waals surface area contributed by atoms with Gasteiger partial charge in [-0.15, -0.1) is 6.58 Å². The van der Waals surface area contributed by atoms with Gasteiger partial charge < -0.3 is 9.84 Å². The van der Waals surface area contributed by atoms with E-state index in [2.05, 4.69) is 6.58 Å². The Morgan fingerprint density at radius 1 is 1.37 bits per heavy atom. The molecule has 2 aliphatic rings. The van der Waals surface area contributed by atoms with Gasteiger partial charge in [0.1, 0.15) is 5.41 Å². The average Bonchev–Trinajstić information content (AvgIpc) is 2.67. The lowest BCUT2D eigenvalue weighted by molar-refractivity contribution is -0.147. The van der Waals surface area contributed by atoms with Crippen LogP contribution >= 0.6 is 0 Å². The molecule has 0 unspecified atom stereocenters. The molecule has 1 fully saturated rings. The Hall–Kier alpha value is -1.35. The van der Waals surface area contributed by atoms with Crippen molar-refractivity contribution in [3.05, 3.63) is 37.0 Å². The van der Waals surface area contributed by atoms with Crippen LogP contribution in [0, 0.1) is 10.8 Å². The predicted octanol–water partition coefficient (Wildman–Crippen LogP) is 2.77. The molecule has 2 rings (SSSR count). The molecule has 2 aliphatic carbocycles. The minimum Gasteiger partial charge on any atom is -0.468 e. The van der Waals surface area contributed by atoms with Crippen LogP contribution in [-0.2, 0) is 9.53 Å². The number of hydrogen-bond acceptors (Lipinski definition) is 3. The Balaban J connectivity index is 2.35. The van der Waals surface area contributed by atoms with Gasteiger partial charge in [0.25, 0.3) is 0 Å². The minimum atomic E-state index is -0.763. The normalized spacial score (nSPS) is 40.6. The number of carbonyl (C=O) groups excluding carboxylic acids is 1. The van der Waals surface area contributed by atoms with Gasteiger partial charge in [-0.05, 0) is 32.6 Å². The van der Waals surface area contributed by atoms with Crippen LogP contribution in [0.1, 0.15) is 32.6 Å². The second-order valence-electron chi connectivity index (χ2n) is 5.86. The molecular weight excluding hydrogens is 240 g/mol. The molecule has 0 saturated heterocycles. The molecule has 1 spiro atoms. The van der Waals surface area contributed by atoms with Gasteiger partial charge in [-0.1, -0.05) is 30.4 Å². The van der Waals surface area contributed by atoms with Crippen LogP contribution in [0.25, 0.3) is 0 Å². The zero-order chi connectivity index (χ0) is 14.1. The third kappa shape index (κ3) is 2.06. The van der Waals surface area contributed by atoms with E-state index in [1.165, 1.54) is 7.11 Å². The van der Waals surface area contributed by atoms with E-state index in [9.17, 15) is 9.90 Å². The number of esters is 1. The van der Waals surface area contributed by atoms with E-state index in [1.54, 1.807) is 6.08 Å². The summed E-state index contributed by atoms with van der Waals surface area (Å²) in [5.74, 6) is -0.285. The van der Waals surface area contributed by atoms with E-state index >= 15 is 0 Å². The van der Waals surface area contributed by atoms with Crippen LogP contribution in [0.2, 0.25) is 0 Å². The molecule has 0 aromatic heterocycles. The smallest absolute Gasteiger partial charge is 0.319 e. The van der Waals surface area contributed by atoms with Crippen molar-refractivity contribution in [2.24, 2.45) is 10.8 Å². The molecule has 19 heavy (non-hydrogen) atoms. The summed E-state index contributed by atoms with van der Waals surface area (Å²) in [4.78, 5) is 12.0. The Bertz CT molecular complexity index is 429. The van der Waals surface area contributed by atoms with Crippen molar-refractivity contribution in [1.82, 2.24) is 0 Å². The first-order valence-electron chi connectivity index (χ1n) is 6.74. The van der Waals surface area contributed by atoms with E-state index < -0.39 is 11.0 Å². The van der Waals surface area contributed by atoms with Crippen molar-refractivity contribution in [3.8, 4) is 0 Å². The molecule has 3 nitrogen and oxygen atoms in total. The van der Waals surface area contributed by atoms with Gasteiger partial charge in [0.2, 0.25) is 0 Å². The number of ether oxygens (including phenoxy) is 1. The summed E-state index contributed by atoms with van der Waals surface area (Å²) in [6, 6.07) is 0. The zero-order valence-electron chi connectivity index (χ0n) is 11.7. The zero-order valence-corrected chi connectivity index (χ0v) is 11.7. The average molecular weight is 262 g/mol. The maximum atomic E-state index is 12.0. The van der Waals surface area contributed by atoms with E-state index in [1.807, 2.05) is 31.2 Å². The third-order valence-corrected chi connectivity index (χ3v) is 4.66. The molecule has 104 valence electrons. The summed E-state index contributed by atoms with van der Waals surface area (Å²) >= 11 is 0. The molecule has 0 heterocycles. The lowest BCUT2D eigenvalue weighted by atomic mass is 9.67. The lowest BCUT2D eigenvalue weighted by Gasteiger charge is -2.40. The first-order chi connectivity index (χ1) is 8.91. The number of allylic oxidation sites excluding steroid dienone is 1. The standard InChI is InChI=1S/C16H22O3/c1-4-6-15(13(17)19-3)9-11-16(12-10-15)8-5-7-14(16,2)18/h4,9-12,18H,1,5-8H2,2-3H3/t14-,15?,16?/m1/s1. The first kappa shape index (κ1) is 14.1. The number of rotatable bonds is 3. The third-order valence-electron chi connectivity index (χ3n) is 4.66. The van der Waals surface area contributed by atoms with Crippen LogP contribution in [-0.4, -0.2) is 23.8 Å². The second-order valence-corrected chi connectivity index (χ2v) is 5.86. The quantitative estimate of drug-likeness (QED) is 0.628. The van der Waals surface area contributed by atoms with Gasteiger partial charge in [0.15, 0.2) is 0 Å². The van der Waals surface area contributed by atoms with E-state index in [-0.39, 0.29) is 11.4 Å². The van der Waals surface area contributed by atoms with Crippen molar-refractivity contribution in [1.29, 1.82) is 0 Å². The molecule has 0 aromatic carbocycles. The SMILES string of the molecule is C=CCC1(C(=O)OC)C=CC2(C=C1)CCC[C@@]2(C)O. The summed E-state index contributed by atoms with van der Waals surface area (Å²) < 4.78 is 4.90. The highest BCUT2D eigenvalue weighted by atomic mass is 16.5. The number of hydrogen-bond donors (Lipinski definition) is 1. The van der Waals surface area contributed by atoms with Crippen LogP contribution < -0.4 is 0 Å². The van der Waals surface area contributed by atoms with Crippen molar-refractivity contribution < 1.29 is 14.6 Å². The lowest BCUT2D eigenvalue weighted by Crippen LogP contribution is -2.41. The fraction of sp³-hybridized carbons (Fsp3) is 0.562. The molecule has 0 aromatic rings. The van der Waals surface area contributed by atoms with Crippen molar-refractivity contribution in [2.45, 2.75) is 38.2 Å². The largest absolute Gasteiger partial charge is 0.468 e. The minimum absolute atomic E-state index is 0.285. The first-order valence-corrected chi connectivity index (χ1v) is 6.74. The van der Waals surface area contributed by atoms with Crippen molar-refractivity contribution in [2.75, 3.05) is 7.11 Å². The molecule has 0 aliphatic heterocycles. The highest BCUT2D eigenvalue weighted by molar-refractivity contribution is 5.82. The molecule has 3 heteroatoms. The monoisotopic (exact) mass is 262 g/mol. The molecule has 0 radical (unpaired) electrons.